The number of hydrogen-bond acceptors (Lipinski definition) is 5. The number of nitrogens with zero attached hydrogens (tertiary/aromatic N) is 4. The first-order valence-corrected chi connectivity index (χ1v) is 14.7. The Balaban J connectivity index is 1.09. The van der Waals surface area contributed by atoms with Crippen LogP contribution in [0.3, 0.4) is 0 Å². The first kappa shape index (κ1) is 25.1. The first-order chi connectivity index (χ1) is 18.8. The van der Waals surface area contributed by atoms with Crippen LogP contribution in [0.1, 0.15) is 66.1 Å². The molecule has 1 spiro atoms. The van der Waals surface area contributed by atoms with Crippen LogP contribution in [0.2, 0.25) is 10.0 Å². The molecular formula is C29H25Cl2FN4O2S. The van der Waals surface area contributed by atoms with Crippen LogP contribution >= 0.6 is 34.5 Å². The van der Waals surface area contributed by atoms with Gasteiger partial charge >= 0.3 is 5.97 Å². The second-order valence-corrected chi connectivity index (χ2v) is 12.8. The van der Waals surface area contributed by atoms with Crippen molar-refractivity contribution in [3.05, 3.63) is 74.8 Å². The third-order valence-electron chi connectivity index (χ3n) is 8.33. The van der Waals surface area contributed by atoms with Crippen molar-refractivity contribution in [3.63, 3.8) is 0 Å². The van der Waals surface area contributed by atoms with E-state index in [1.807, 2.05) is 29.1 Å². The number of rotatable bonds is 5. The van der Waals surface area contributed by atoms with Gasteiger partial charge in [-0.15, -0.1) is 0 Å². The molecule has 4 aromatic rings. The molecule has 2 aliphatic carbocycles. The number of anilines is 1. The van der Waals surface area contributed by atoms with E-state index in [0.717, 1.165) is 61.4 Å². The largest absolute Gasteiger partial charge is 0.478 e. The Morgan fingerprint density at radius 2 is 1.87 bits per heavy atom. The quantitative estimate of drug-likeness (QED) is 0.258. The van der Waals surface area contributed by atoms with Crippen molar-refractivity contribution < 1.29 is 14.3 Å². The number of halogens is 3. The molecule has 0 unspecified atom stereocenters. The molecular weight excluding hydrogens is 558 g/mol. The number of hydrogen-bond donors (Lipinski definition) is 1. The summed E-state index contributed by atoms with van der Waals surface area (Å²) in [6, 6.07) is 8.08. The Morgan fingerprint density at radius 3 is 2.54 bits per heavy atom. The average Bonchev–Trinajstić information content (AvgIpc) is 3.51. The number of aromatic carboxylic acids is 1. The van der Waals surface area contributed by atoms with E-state index in [4.69, 9.17) is 28.3 Å². The molecule has 2 aromatic heterocycles. The number of aromatic nitrogens is 3. The van der Waals surface area contributed by atoms with E-state index in [1.165, 1.54) is 41.4 Å². The molecule has 1 aliphatic heterocycles. The summed E-state index contributed by atoms with van der Waals surface area (Å²) in [5.41, 5.74) is 4.96. The van der Waals surface area contributed by atoms with E-state index >= 15 is 0 Å². The van der Waals surface area contributed by atoms with Gasteiger partial charge in [0, 0.05) is 18.7 Å². The van der Waals surface area contributed by atoms with E-state index in [-0.39, 0.29) is 16.5 Å². The third kappa shape index (κ3) is 4.42. The van der Waals surface area contributed by atoms with Crippen LogP contribution in [0.5, 0.6) is 0 Å². The fourth-order valence-corrected chi connectivity index (χ4v) is 7.69. The number of thiazole rings is 1. The van der Waals surface area contributed by atoms with Crippen LogP contribution in [0.4, 0.5) is 9.52 Å². The highest BCUT2D eigenvalue weighted by atomic mass is 35.5. The molecule has 3 aliphatic rings. The van der Waals surface area contributed by atoms with Gasteiger partial charge in [0.2, 0.25) is 0 Å². The molecule has 6 nitrogen and oxygen atoms in total. The standard InChI is InChI=1S/C29H25Cl2FN4O2S/c30-20-2-1-3-21(31)26(20)36-23(19(15-33-36)17-4-5-17)10-16-13-29(14-16)6-8-35(9-7-29)28-34-25-22(32)11-18(27(37)38)12-24(25)39-28/h1-3,10-12,15,17H,4-9,13-14H2,(H,37,38). The molecule has 3 fully saturated rings. The Labute approximate surface area is 238 Å². The van der Waals surface area contributed by atoms with Crippen LogP contribution in [0, 0.1) is 11.2 Å². The van der Waals surface area contributed by atoms with E-state index in [0.29, 0.717) is 20.7 Å². The summed E-state index contributed by atoms with van der Waals surface area (Å²) in [5, 5.41) is 15.9. The predicted molar refractivity (Wildman–Crippen MR) is 153 cm³/mol. The van der Waals surface area contributed by atoms with E-state index in [1.54, 1.807) is 0 Å². The second kappa shape index (κ2) is 9.32. The number of piperidine rings is 1. The van der Waals surface area contributed by atoms with Crippen LogP contribution in [-0.4, -0.2) is 38.9 Å². The molecule has 3 heterocycles. The van der Waals surface area contributed by atoms with Gasteiger partial charge in [0.25, 0.3) is 0 Å². The van der Waals surface area contributed by atoms with E-state index < -0.39 is 11.8 Å². The lowest BCUT2D eigenvalue weighted by Crippen LogP contribution is -2.44. The van der Waals surface area contributed by atoms with Crippen molar-refractivity contribution in [2.24, 2.45) is 5.41 Å². The molecule has 0 amide bonds. The van der Waals surface area contributed by atoms with Crippen molar-refractivity contribution in [2.75, 3.05) is 18.0 Å². The highest BCUT2D eigenvalue weighted by Crippen LogP contribution is 2.54. The smallest absolute Gasteiger partial charge is 0.335 e. The Bertz CT molecular complexity index is 1640. The Kier molecular flexibility index (Phi) is 5.99. The van der Waals surface area contributed by atoms with Gasteiger partial charge in [-0.3, -0.25) is 0 Å². The molecule has 0 bridgehead atoms. The van der Waals surface area contributed by atoms with Gasteiger partial charge in [0.15, 0.2) is 10.9 Å². The number of carboxylic acids is 1. The maximum atomic E-state index is 14.5. The molecule has 2 aromatic carbocycles. The summed E-state index contributed by atoms with van der Waals surface area (Å²) < 4.78 is 16.9. The minimum atomic E-state index is -1.14. The minimum absolute atomic E-state index is 0.0513. The van der Waals surface area contributed by atoms with Crippen molar-refractivity contribution in [1.29, 1.82) is 0 Å². The summed E-state index contributed by atoms with van der Waals surface area (Å²) >= 11 is 14.4. The van der Waals surface area contributed by atoms with Crippen molar-refractivity contribution in [2.45, 2.75) is 44.4 Å². The molecule has 7 rings (SSSR count). The van der Waals surface area contributed by atoms with Gasteiger partial charge in [-0.2, -0.15) is 5.10 Å². The maximum absolute atomic E-state index is 14.5. The van der Waals surface area contributed by atoms with Crippen LogP contribution in [-0.2, 0) is 0 Å². The minimum Gasteiger partial charge on any atom is -0.478 e. The van der Waals surface area contributed by atoms with Gasteiger partial charge in [-0.05, 0) is 80.2 Å². The van der Waals surface area contributed by atoms with Crippen LogP contribution < -0.4 is 4.90 Å². The number of carbonyl (C=O) groups is 1. The van der Waals surface area contributed by atoms with Crippen molar-refractivity contribution in [3.8, 4) is 5.69 Å². The first-order valence-electron chi connectivity index (χ1n) is 13.1. The summed E-state index contributed by atoms with van der Waals surface area (Å²) in [6.07, 6.45) is 10.8. The molecule has 200 valence electrons. The van der Waals surface area contributed by atoms with Gasteiger partial charge in [0.05, 0.1) is 32.2 Å². The molecule has 0 radical (unpaired) electrons. The molecule has 10 heteroatoms. The highest BCUT2D eigenvalue weighted by molar-refractivity contribution is 7.22. The SMILES string of the molecule is O=C(O)c1cc(F)c2nc(N3CCC4(CC3)CC(=Cc3c(C5CC5)cnn3-c3c(Cl)cccc3Cl)C4)sc2c1. The molecule has 1 N–H and O–H groups in total. The van der Waals surface area contributed by atoms with Gasteiger partial charge < -0.3 is 10.0 Å². The highest BCUT2D eigenvalue weighted by Gasteiger charge is 2.43. The molecule has 39 heavy (non-hydrogen) atoms. The number of para-hydroxylation sites is 1. The van der Waals surface area contributed by atoms with Crippen LogP contribution in [0.25, 0.3) is 22.0 Å². The molecule has 0 atom stereocenters. The van der Waals surface area contributed by atoms with Gasteiger partial charge in [-0.1, -0.05) is 46.2 Å². The zero-order valence-corrected chi connectivity index (χ0v) is 23.3. The molecule has 2 saturated carbocycles. The number of fused-ring (bicyclic) bond motifs is 1. The summed E-state index contributed by atoms with van der Waals surface area (Å²) in [5.74, 6) is -1.17. The lowest BCUT2D eigenvalue weighted by Gasteiger charge is -2.49. The van der Waals surface area contributed by atoms with Crippen molar-refractivity contribution >= 4 is 61.9 Å². The average molecular weight is 584 g/mol. The van der Waals surface area contributed by atoms with E-state index in [9.17, 15) is 14.3 Å². The van der Waals surface area contributed by atoms with E-state index in [2.05, 4.69) is 16.0 Å². The lowest BCUT2D eigenvalue weighted by molar-refractivity contribution is 0.0696. The van der Waals surface area contributed by atoms with Gasteiger partial charge in [-0.25, -0.2) is 18.9 Å². The second-order valence-electron chi connectivity index (χ2n) is 11.0. The van der Waals surface area contributed by atoms with Gasteiger partial charge in [0.1, 0.15) is 11.2 Å². The fraction of sp³-hybridized carbons (Fsp3) is 0.345. The van der Waals surface area contributed by atoms with Crippen LogP contribution in [0.15, 0.2) is 42.1 Å². The Morgan fingerprint density at radius 1 is 1.15 bits per heavy atom. The number of allylic oxidation sites excluding steroid dienone is 1. The fourth-order valence-electron chi connectivity index (χ4n) is 6.06. The summed E-state index contributed by atoms with van der Waals surface area (Å²) in [6.45, 7) is 1.70. The Hall–Kier alpha value is -2.94. The zero-order valence-electron chi connectivity index (χ0n) is 21.0. The zero-order chi connectivity index (χ0) is 26.9. The summed E-state index contributed by atoms with van der Waals surface area (Å²) in [4.78, 5) is 18.0. The number of benzene rings is 2. The predicted octanol–water partition coefficient (Wildman–Crippen LogP) is 7.97. The normalized spacial score (nSPS) is 18.5. The molecule has 1 saturated heterocycles. The summed E-state index contributed by atoms with van der Waals surface area (Å²) in [7, 11) is 0. The number of carboxylic acid groups (broad SMARTS) is 1. The maximum Gasteiger partial charge on any atom is 0.335 e. The topological polar surface area (TPSA) is 71.2 Å². The van der Waals surface area contributed by atoms with Crippen molar-refractivity contribution in [1.82, 2.24) is 14.8 Å². The third-order valence-corrected chi connectivity index (χ3v) is 10.00. The monoisotopic (exact) mass is 582 g/mol. The lowest BCUT2D eigenvalue weighted by atomic mass is 9.60.